The zero-order valence-electron chi connectivity index (χ0n) is 12.2. The van der Waals surface area contributed by atoms with Crippen molar-refractivity contribution in [2.45, 2.75) is 13.5 Å². The maximum Gasteiger partial charge on any atom is 0.225 e. The molecule has 112 valence electrons. The smallest absolute Gasteiger partial charge is 0.225 e. The largest absolute Gasteiger partial charge is 0.383 e. The van der Waals surface area contributed by atoms with Gasteiger partial charge < -0.3 is 15.4 Å². The van der Waals surface area contributed by atoms with Gasteiger partial charge in [0.1, 0.15) is 5.82 Å². The van der Waals surface area contributed by atoms with Gasteiger partial charge in [-0.1, -0.05) is 29.8 Å². The summed E-state index contributed by atoms with van der Waals surface area (Å²) in [5.74, 6) is 1.36. The van der Waals surface area contributed by atoms with Crippen molar-refractivity contribution in [3.05, 3.63) is 46.6 Å². The van der Waals surface area contributed by atoms with Gasteiger partial charge in [0.2, 0.25) is 5.95 Å². The van der Waals surface area contributed by atoms with Crippen molar-refractivity contribution < 1.29 is 4.74 Å². The van der Waals surface area contributed by atoms with Crippen LogP contribution in [0.25, 0.3) is 0 Å². The van der Waals surface area contributed by atoms with Crippen LogP contribution in [-0.2, 0) is 11.3 Å². The fraction of sp³-hybridized carbons (Fsp3) is 0.333. The quantitative estimate of drug-likeness (QED) is 0.770. The fourth-order valence-corrected chi connectivity index (χ4v) is 2.04. The molecule has 0 aliphatic heterocycles. The number of aromatic nitrogens is 2. The Balaban J connectivity index is 2.01. The van der Waals surface area contributed by atoms with E-state index in [9.17, 15) is 0 Å². The number of ether oxygens (including phenoxy) is 1. The lowest BCUT2D eigenvalue weighted by Crippen LogP contribution is -2.11. The van der Waals surface area contributed by atoms with Crippen molar-refractivity contribution in [1.29, 1.82) is 0 Å². The van der Waals surface area contributed by atoms with Crippen LogP contribution in [0.5, 0.6) is 0 Å². The van der Waals surface area contributed by atoms with E-state index >= 15 is 0 Å². The average Bonchev–Trinajstić information content (AvgIpc) is 2.46. The molecule has 1 aromatic carbocycles. The molecule has 1 aromatic heterocycles. The topological polar surface area (TPSA) is 59.1 Å². The number of nitrogens with zero attached hydrogens (tertiary/aromatic N) is 2. The number of nitrogens with one attached hydrogen (secondary N) is 2. The number of benzene rings is 1. The molecule has 0 atom stereocenters. The van der Waals surface area contributed by atoms with Gasteiger partial charge >= 0.3 is 0 Å². The third kappa shape index (κ3) is 4.88. The molecular formula is C15H19ClN4O. The first-order valence-corrected chi connectivity index (χ1v) is 7.12. The Morgan fingerprint density at radius 2 is 2.00 bits per heavy atom. The normalized spacial score (nSPS) is 10.4. The summed E-state index contributed by atoms with van der Waals surface area (Å²) in [5, 5.41) is 7.12. The van der Waals surface area contributed by atoms with Gasteiger partial charge in [-0.2, -0.15) is 4.98 Å². The molecule has 0 saturated carbocycles. The molecule has 0 unspecified atom stereocenters. The highest BCUT2D eigenvalue weighted by Gasteiger charge is 2.03. The van der Waals surface area contributed by atoms with E-state index in [2.05, 4.69) is 20.6 Å². The third-order valence-corrected chi connectivity index (χ3v) is 3.23. The summed E-state index contributed by atoms with van der Waals surface area (Å²) >= 11 is 6.13. The Morgan fingerprint density at radius 1 is 1.19 bits per heavy atom. The lowest BCUT2D eigenvalue weighted by atomic mass is 10.2. The Bertz CT molecular complexity index is 592. The van der Waals surface area contributed by atoms with Gasteiger partial charge in [-0.15, -0.1) is 0 Å². The van der Waals surface area contributed by atoms with E-state index in [-0.39, 0.29) is 0 Å². The molecule has 0 aliphatic carbocycles. The van der Waals surface area contributed by atoms with Crippen molar-refractivity contribution in [3.63, 3.8) is 0 Å². The standard InChI is InChI=1S/C15H19ClN4O/c1-11-9-14(17-7-8-21-2)20-15(19-11)18-10-12-5-3-4-6-13(12)16/h3-6,9H,7-8,10H2,1-2H3,(H2,17,18,19,20). The van der Waals surface area contributed by atoms with Gasteiger partial charge in [0.15, 0.2) is 0 Å². The first-order chi connectivity index (χ1) is 10.2. The number of rotatable bonds is 7. The van der Waals surface area contributed by atoms with Crippen LogP contribution >= 0.6 is 11.6 Å². The van der Waals surface area contributed by atoms with Gasteiger partial charge in [0.25, 0.3) is 0 Å². The third-order valence-electron chi connectivity index (χ3n) is 2.86. The molecule has 0 radical (unpaired) electrons. The molecule has 1 heterocycles. The lowest BCUT2D eigenvalue weighted by Gasteiger charge is -2.10. The number of hydrogen-bond donors (Lipinski definition) is 2. The SMILES string of the molecule is COCCNc1cc(C)nc(NCc2ccccc2Cl)n1. The Morgan fingerprint density at radius 3 is 2.76 bits per heavy atom. The summed E-state index contributed by atoms with van der Waals surface area (Å²) in [7, 11) is 1.67. The van der Waals surface area contributed by atoms with Crippen molar-refractivity contribution in [1.82, 2.24) is 9.97 Å². The second-order valence-corrected chi connectivity index (χ2v) is 4.99. The van der Waals surface area contributed by atoms with Crippen LogP contribution in [0.2, 0.25) is 5.02 Å². The summed E-state index contributed by atoms with van der Waals surface area (Å²) in [6, 6.07) is 9.61. The van der Waals surface area contributed by atoms with Crippen molar-refractivity contribution in [2.75, 3.05) is 30.9 Å². The maximum absolute atomic E-state index is 6.13. The summed E-state index contributed by atoms with van der Waals surface area (Å²) in [5.41, 5.74) is 1.91. The number of methoxy groups -OCH3 is 1. The summed E-state index contributed by atoms with van der Waals surface area (Å²) in [4.78, 5) is 8.79. The number of hydrogen-bond acceptors (Lipinski definition) is 5. The van der Waals surface area contributed by atoms with Crippen molar-refractivity contribution in [3.8, 4) is 0 Å². The minimum Gasteiger partial charge on any atom is -0.383 e. The van der Waals surface area contributed by atoms with E-state index in [1.165, 1.54) is 0 Å². The van der Waals surface area contributed by atoms with Gasteiger partial charge in [0.05, 0.1) is 6.61 Å². The van der Waals surface area contributed by atoms with E-state index in [0.717, 1.165) is 22.1 Å². The Hall–Kier alpha value is -1.85. The maximum atomic E-state index is 6.13. The van der Waals surface area contributed by atoms with Gasteiger partial charge in [-0.25, -0.2) is 4.98 Å². The molecule has 21 heavy (non-hydrogen) atoms. The van der Waals surface area contributed by atoms with Gasteiger partial charge in [0, 0.05) is 37.0 Å². The first-order valence-electron chi connectivity index (χ1n) is 6.75. The molecule has 0 aliphatic rings. The van der Waals surface area contributed by atoms with E-state index < -0.39 is 0 Å². The van der Waals surface area contributed by atoms with Crippen molar-refractivity contribution in [2.24, 2.45) is 0 Å². The molecule has 2 N–H and O–H groups in total. The molecule has 0 bridgehead atoms. The summed E-state index contributed by atoms with van der Waals surface area (Å²) in [6.07, 6.45) is 0. The molecule has 2 rings (SSSR count). The van der Waals surface area contributed by atoms with Gasteiger partial charge in [-0.05, 0) is 18.6 Å². The lowest BCUT2D eigenvalue weighted by molar-refractivity contribution is 0.210. The zero-order valence-corrected chi connectivity index (χ0v) is 12.9. The van der Waals surface area contributed by atoms with E-state index in [1.54, 1.807) is 7.11 Å². The number of halogens is 1. The van der Waals surface area contributed by atoms with Gasteiger partial charge in [-0.3, -0.25) is 0 Å². The fourth-order valence-electron chi connectivity index (χ4n) is 1.84. The Labute approximate surface area is 129 Å². The highest BCUT2D eigenvalue weighted by Crippen LogP contribution is 2.16. The molecule has 0 fully saturated rings. The predicted molar refractivity (Wildman–Crippen MR) is 85.9 cm³/mol. The zero-order chi connectivity index (χ0) is 15.1. The monoisotopic (exact) mass is 306 g/mol. The number of anilines is 2. The minimum absolute atomic E-state index is 0.579. The van der Waals surface area contributed by atoms with E-state index in [1.807, 2.05) is 37.3 Å². The molecule has 0 amide bonds. The Kier molecular flexibility index (Phi) is 5.78. The molecule has 0 saturated heterocycles. The van der Waals surface area contributed by atoms with E-state index in [0.29, 0.717) is 25.6 Å². The molecule has 6 heteroatoms. The number of aryl methyl sites for hydroxylation is 1. The summed E-state index contributed by atoms with van der Waals surface area (Å²) in [6.45, 7) is 3.85. The van der Waals surface area contributed by atoms with Crippen LogP contribution in [0.4, 0.5) is 11.8 Å². The van der Waals surface area contributed by atoms with Crippen LogP contribution < -0.4 is 10.6 Å². The van der Waals surface area contributed by atoms with Crippen LogP contribution in [0.1, 0.15) is 11.3 Å². The summed E-state index contributed by atoms with van der Waals surface area (Å²) < 4.78 is 5.01. The van der Waals surface area contributed by atoms with Crippen LogP contribution in [0.3, 0.4) is 0 Å². The van der Waals surface area contributed by atoms with Crippen LogP contribution in [0.15, 0.2) is 30.3 Å². The molecule has 5 nitrogen and oxygen atoms in total. The highest BCUT2D eigenvalue weighted by molar-refractivity contribution is 6.31. The first kappa shape index (κ1) is 15.5. The van der Waals surface area contributed by atoms with E-state index in [4.69, 9.17) is 16.3 Å². The minimum atomic E-state index is 0.579. The van der Waals surface area contributed by atoms with Crippen LogP contribution in [0, 0.1) is 6.92 Å². The second-order valence-electron chi connectivity index (χ2n) is 4.58. The highest BCUT2D eigenvalue weighted by atomic mass is 35.5. The van der Waals surface area contributed by atoms with Crippen molar-refractivity contribution >= 4 is 23.4 Å². The van der Waals surface area contributed by atoms with Crippen LogP contribution in [-0.4, -0.2) is 30.2 Å². The predicted octanol–water partition coefficient (Wildman–Crippen LogP) is 3.11. The molecule has 2 aromatic rings. The molecular weight excluding hydrogens is 288 g/mol. The molecule has 0 spiro atoms. The second kappa shape index (κ2) is 7.81. The average molecular weight is 307 g/mol.